The smallest absolute Gasteiger partial charge is 0.366 e. The lowest BCUT2D eigenvalue weighted by molar-refractivity contribution is -0.217. The topological polar surface area (TPSA) is 104 Å². The lowest BCUT2D eigenvalue weighted by Gasteiger charge is -2.39. The van der Waals surface area contributed by atoms with Gasteiger partial charge in [-0.3, -0.25) is 0 Å². The number of aliphatic hydroxyl groups excluding tert-OH is 1. The fourth-order valence-electron chi connectivity index (χ4n) is 3.41. The standard InChI is InChI=1S/C18H40O8Si3/c1-15(14-29(8,25-27(2,3)4)26-28(5,6)7)11-22-12-16(19)13-24-18(21)9-10-23-17(18)20/h15-16,19,21H,9-14H2,1-8H3. The molecule has 1 rings (SSSR count). The van der Waals surface area contributed by atoms with E-state index in [1.165, 1.54) is 0 Å². The third-order valence-electron chi connectivity index (χ3n) is 3.98. The number of ether oxygens (including phenoxy) is 3. The van der Waals surface area contributed by atoms with Crippen LogP contribution in [0.1, 0.15) is 13.3 Å². The Morgan fingerprint density at radius 3 is 2.03 bits per heavy atom. The van der Waals surface area contributed by atoms with Crippen molar-refractivity contribution in [3.63, 3.8) is 0 Å². The molecule has 1 aliphatic heterocycles. The van der Waals surface area contributed by atoms with E-state index in [2.05, 4.69) is 57.5 Å². The molecule has 2 N–H and O–H groups in total. The summed E-state index contributed by atoms with van der Waals surface area (Å²) in [5.41, 5.74) is 0. The number of hydrogen-bond donors (Lipinski definition) is 2. The first-order chi connectivity index (χ1) is 13.0. The second kappa shape index (κ2) is 10.5. The Balaban J connectivity index is 2.44. The molecule has 3 unspecified atom stereocenters. The Labute approximate surface area is 178 Å². The molecule has 0 aromatic carbocycles. The minimum Gasteiger partial charge on any atom is -0.461 e. The summed E-state index contributed by atoms with van der Waals surface area (Å²) in [5, 5.41) is 20.0. The molecule has 1 aliphatic rings. The van der Waals surface area contributed by atoms with Crippen LogP contribution in [-0.4, -0.2) is 79.7 Å². The highest BCUT2D eigenvalue weighted by molar-refractivity contribution is 6.87. The number of carbonyl (C=O) groups excluding carboxylic acids is 1. The predicted octanol–water partition coefficient (Wildman–Crippen LogP) is 2.43. The molecule has 11 heteroatoms. The first-order valence-electron chi connectivity index (χ1n) is 10.2. The Morgan fingerprint density at radius 2 is 1.59 bits per heavy atom. The molecular weight excluding hydrogens is 428 g/mol. The minimum absolute atomic E-state index is 0.0531. The van der Waals surface area contributed by atoms with Gasteiger partial charge < -0.3 is 32.7 Å². The van der Waals surface area contributed by atoms with Crippen LogP contribution < -0.4 is 0 Å². The molecule has 0 aromatic rings. The van der Waals surface area contributed by atoms with Gasteiger partial charge in [0.25, 0.3) is 5.79 Å². The number of hydrogen-bond acceptors (Lipinski definition) is 8. The van der Waals surface area contributed by atoms with Crippen LogP contribution >= 0.6 is 0 Å². The molecule has 0 saturated carbocycles. The second-order valence-electron chi connectivity index (χ2n) is 10.0. The molecule has 1 heterocycles. The second-order valence-corrected chi connectivity index (χ2v) is 22.8. The van der Waals surface area contributed by atoms with Crippen LogP contribution in [0.4, 0.5) is 0 Å². The van der Waals surface area contributed by atoms with E-state index >= 15 is 0 Å². The zero-order valence-corrected chi connectivity index (χ0v) is 22.2. The third-order valence-corrected chi connectivity index (χ3v) is 13.8. The van der Waals surface area contributed by atoms with Gasteiger partial charge in [0.1, 0.15) is 6.10 Å². The van der Waals surface area contributed by atoms with Crippen molar-refractivity contribution in [3.8, 4) is 0 Å². The van der Waals surface area contributed by atoms with Crippen molar-refractivity contribution in [3.05, 3.63) is 0 Å². The van der Waals surface area contributed by atoms with E-state index in [-0.39, 0.29) is 32.2 Å². The summed E-state index contributed by atoms with van der Waals surface area (Å²) in [7, 11) is -5.83. The van der Waals surface area contributed by atoms with Gasteiger partial charge in [0.2, 0.25) is 0 Å². The number of rotatable bonds is 13. The van der Waals surface area contributed by atoms with Crippen LogP contribution in [-0.2, 0) is 27.2 Å². The number of cyclic esters (lactones) is 1. The Morgan fingerprint density at radius 1 is 1.03 bits per heavy atom. The van der Waals surface area contributed by atoms with Gasteiger partial charge in [0.15, 0.2) is 16.6 Å². The van der Waals surface area contributed by atoms with Crippen LogP contribution in [0, 0.1) is 5.92 Å². The highest BCUT2D eigenvalue weighted by Gasteiger charge is 2.44. The predicted molar refractivity (Wildman–Crippen MR) is 118 cm³/mol. The molecule has 3 atom stereocenters. The van der Waals surface area contributed by atoms with Crippen LogP contribution in [0.3, 0.4) is 0 Å². The van der Waals surface area contributed by atoms with Crippen molar-refractivity contribution in [1.29, 1.82) is 0 Å². The average Bonchev–Trinajstić information content (AvgIpc) is 2.80. The fourth-order valence-corrected chi connectivity index (χ4v) is 16.4. The van der Waals surface area contributed by atoms with Crippen molar-refractivity contribution >= 4 is 31.2 Å². The molecule has 0 aromatic heterocycles. The maximum absolute atomic E-state index is 11.4. The molecule has 0 bridgehead atoms. The van der Waals surface area contributed by atoms with Gasteiger partial charge in [-0.25, -0.2) is 4.79 Å². The van der Waals surface area contributed by atoms with Crippen molar-refractivity contribution in [2.75, 3.05) is 26.4 Å². The van der Waals surface area contributed by atoms with E-state index < -0.39 is 43.1 Å². The molecule has 1 saturated heterocycles. The first kappa shape index (κ1) is 26.9. The van der Waals surface area contributed by atoms with E-state index in [9.17, 15) is 15.0 Å². The van der Waals surface area contributed by atoms with Crippen LogP contribution in [0.25, 0.3) is 0 Å². The largest absolute Gasteiger partial charge is 0.461 e. The summed E-state index contributed by atoms with van der Waals surface area (Å²) in [6.45, 7) is 17.7. The summed E-state index contributed by atoms with van der Waals surface area (Å²) in [6, 6.07) is 0.819. The van der Waals surface area contributed by atoms with Crippen molar-refractivity contribution in [2.45, 2.75) is 77.1 Å². The van der Waals surface area contributed by atoms with Gasteiger partial charge in [-0.15, -0.1) is 0 Å². The van der Waals surface area contributed by atoms with Crippen molar-refractivity contribution in [1.82, 2.24) is 0 Å². The van der Waals surface area contributed by atoms with Crippen LogP contribution in [0.5, 0.6) is 0 Å². The SMILES string of the molecule is CC(COCC(O)COC1(O)CCOC1=O)C[Si](C)(O[Si](C)(C)C)O[Si](C)(C)C. The quantitative estimate of drug-likeness (QED) is 0.241. The molecular formula is C18H40O8Si3. The van der Waals surface area contributed by atoms with Crippen LogP contribution in [0.2, 0.25) is 51.9 Å². The van der Waals surface area contributed by atoms with Crippen LogP contribution in [0.15, 0.2) is 0 Å². The van der Waals surface area contributed by atoms with Gasteiger partial charge in [0, 0.05) is 13.0 Å². The third kappa shape index (κ3) is 10.6. The van der Waals surface area contributed by atoms with Gasteiger partial charge in [-0.05, 0) is 57.8 Å². The molecule has 0 spiro atoms. The van der Waals surface area contributed by atoms with Gasteiger partial charge in [-0.1, -0.05) is 6.92 Å². The van der Waals surface area contributed by atoms with E-state index in [0.717, 1.165) is 6.04 Å². The molecule has 8 nitrogen and oxygen atoms in total. The van der Waals surface area contributed by atoms with E-state index in [1.807, 2.05) is 0 Å². The van der Waals surface area contributed by atoms with Gasteiger partial charge in [-0.2, -0.15) is 0 Å². The van der Waals surface area contributed by atoms with E-state index in [4.69, 9.17) is 17.7 Å². The summed E-state index contributed by atoms with van der Waals surface area (Å²) in [4.78, 5) is 11.4. The maximum atomic E-state index is 11.4. The molecule has 0 radical (unpaired) electrons. The minimum atomic E-state index is -2.34. The lowest BCUT2D eigenvalue weighted by atomic mass is 10.2. The van der Waals surface area contributed by atoms with E-state index in [0.29, 0.717) is 6.61 Å². The maximum Gasteiger partial charge on any atom is 0.366 e. The van der Waals surface area contributed by atoms with E-state index in [1.54, 1.807) is 0 Å². The molecule has 0 aliphatic carbocycles. The van der Waals surface area contributed by atoms with Gasteiger partial charge >= 0.3 is 14.5 Å². The average molecular weight is 469 g/mol. The van der Waals surface area contributed by atoms with Crippen molar-refractivity contribution < 1.29 is 37.4 Å². The first-order valence-corrected chi connectivity index (χ1v) is 19.6. The number of carbonyl (C=O) groups is 1. The zero-order valence-electron chi connectivity index (χ0n) is 19.2. The normalized spacial score (nSPS) is 23.2. The number of aliphatic hydroxyl groups is 2. The highest BCUT2D eigenvalue weighted by Crippen LogP contribution is 2.27. The Kier molecular flexibility index (Phi) is 9.71. The summed E-state index contributed by atoms with van der Waals surface area (Å²) >= 11 is 0. The monoisotopic (exact) mass is 468 g/mol. The summed E-state index contributed by atoms with van der Waals surface area (Å²) < 4.78 is 28.5. The fraction of sp³-hybridized carbons (Fsp3) is 0.944. The Hall–Kier alpha value is -0.119. The highest BCUT2D eigenvalue weighted by atomic mass is 28.5. The molecule has 0 amide bonds. The van der Waals surface area contributed by atoms with Gasteiger partial charge in [0.05, 0.1) is 19.8 Å². The Bertz CT molecular complexity index is 518. The molecule has 172 valence electrons. The number of esters is 1. The summed E-state index contributed by atoms with van der Waals surface area (Å²) in [6.07, 6.45) is -0.881. The lowest BCUT2D eigenvalue weighted by Crippen LogP contribution is -2.53. The zero-order chi connectivity index (χ0) is 22.5. The van der Waals surface area contributed by atoms with Crippen molar-refractivity contribution in [2.24, 2.45) is 5.92 Å². The summed E-state index contributed by atoms with van der Waals surface area (Å²) in [5.74, 6) is -2.56. The molecule has 29 heavy (non-hydrogen) atoms. The molecule has 1 fully saturated rings.